The van der Waals surface area contributed by atoms with Gasteiger partial charge in [0, 0.05) is 44.6 Å². The van der Waals surface area contributed by atoms with Crippen LogP contribution in [0.3, 0.4) is 0 Å². The third-order valence-electron chi connectivity index (χ3n) is 4.32. The topological polar surface area (TPSA) is 49.9 Å². The number of morpholine rings is 1. The maximum Gasteiger partial charge on any atom is 0.227 e. The van der Waals surface area contributed by atoms with E-state index in [1.807, 2.05) is 29.2 Å². The minimum atomic E-state index is -0.0137. The molecule has 1 atom stereocenters. The van der Waals surface area contributed by atoms with Crippen LogP contribution in [0.25, 0.3) is 0 Å². The molecule has 2 aliphatic heterocycles. The first kappa shape index (κ1) is 14.1. The second-order valence-corrected chi connectivity index (χ2v) is 5.61. The molecule has 0 saturated carbocycles. The lowest BCUT2D eigenvalue weighted by Gasteiger charge is -2.33. The van der Waals surface area contributed by atoms with Gasteiger partial charge >= 0.3 is 0 Å². The number of hydrogen-bond donors (Lipinski definition) is 0. The van der Waals surface area contributed by atoms with Crippen molar-refractivity contribution in [3.8, 4) is 0 Å². The van der Waals surface area contributed by atoms with Crippen molar-refractivity contribution in [1.82, 2.24) is 4.90 Å². The van der Waals surface area contributed by atoms with Gasteiger partial charge in [-0.05, 0) is 11.6 Å². The molecule has 1 saturated heterocycles. The van der Waals surface area contributed by atoms with Crippen LogP contribution in [-0.2, 0) is 14.3 Å². The molecule has 0 N–H and O–H groups in total. The minimum absolute atomic E-state index is 0.0137. The molecule has 5 nitrogen and oxygen atoms in total. The largest absolute Gasteiger partial charge is 0.378 e. The first-order valence-corrected chi connectivity index (χ1v) is 7.38. The predicted molar refractivity (Wildman–Crippen MR) is 79.2 cm³/mol. The maximum absolute atomic E-state index is 12.4. The lowest BCUT2D eigenvalue weighted by atomic mass is 9.86. The standard InChI is InChI=1S/C16H20N2O3/c1-17-14-5-3-2-4-13(14)12(10-15(17)19)11-16(20)18-6-8-21-9-7-18/h2-5,12H,6-11H2,1H3. The van der Waals surface area contributed by atoms with Crippen LogP contribution in [-0.4, -0.2) is 50.1 Å². The van der Waals surface area contributed by atoms with Crippen LogP contribution in [0.5, 0.6) is 0 Å². The van der Waals surface area contributed by atoms with Gasteiger partial charge in [-0.25, -0.2) is 0 Å². The summed E-state index contributed by atoms with van der Waals surface area (Å²) in [5.74, 6) is 0.184. The molecule has 2 aliphatic rings. The van der Waals surface area contributed by atoms with Crippen molar-refractivity contribution in [2.75, 3.05) is 38.3 Å². The highest BCUT2D eigenvalue weighted by Crippen LogP contribution is 2.37. The van der Waals surface area contributed by atoms with Gasteiger partial charge in [-0.3, -0.25) is 9.59 Å². The van der Waals surface area contributed by atoms with Crippen LogP contribution >= 0.6 is 0 Å². The summed E-state index contributed by atoms with van der Waals surface area (Å²) in [6.45, 7) is 2.52. The van der Waals surface area contributed by atoms with Crippen molar-refractivity contribution in [3.63, 3.8) is 0 Å². The number of carbonyl (C=O) groups excluding carboxylic acids is 2. The first-order valence-electron chi connectivity index (χ1n) is 7.38. The number of ether oxygens (including phenoxy) is 1. The molecule has 2 heterocycles. The number of benzene rings is 1. The molecular formula is C16H20N2O3. The Kier molecular flexibility index (Phi) is 3.92. The van der Waals surface area contributed by atoms with E-state index in [0.29, 0.717) is 39.1 Å². The van der Waals surface area contributed by atoms with E-state index < -0.39 is 0 Å². The molecule has 112 valence electrons. The van der Waals surface area contributed by atoms with Gasteiger partial charge in [0.05, 0.1) is 13.2 Å². The lowest BCUT2D eigenvalue weighted by molar-refractivity contribution is -0.135. The van der Waals surface area contributed by atoms with Gasteiger partial charge in [-0.15, -0.1) is 0 Å². The summed E-state index contributed by atoms with van der Waals surface area (Å²) in [5, 5.41) is 0. The summed E-state index contributed by atoms with van der Waals surface area (Å²) >= 11 is 0. The number of rotatable bonds is 2. The van der Waals surface area contributed by atoms with Crippen LogP contribution in [0, 0.1) is 0 Å². The zero-order valence-electron chi connectivity index (χ0n) is 12.2. The molecule has 0 radical (unpaired) electrons. The maximum atomic E-state index is 12.4. The number of anilines is 1. The van der Waals surface area contributed by atoms with Gasteiger partial charge < -0.3 is 14.5 Å². The van der Waals surface area contributed by atoms with Crippen LogP contribution < -0.4 is 4.90 Å². The highest BCUT2D eigenvalue weighted by molar-refractivity contribution is 5.97. The Hall–Kier alpha value is -1.88. The number of hydrogen-bond acceptors (Lipinski definition) is 3. The molecule has 2 amide bonds. The van der Waals surface area contributed by atoms with Crippen LogP contribution in [0.2, 0.25) is 0 Å². The van der Waals surface area contributed by atoms with Crippen molar-refractivity contribution in [1.29, 1.82) is 0 Å². The summed E-state index contributed by atoms with van der Waals surface area (Å²) in [7, 11) is 1.79. The molecule has 1 aromatic rings. The summed E-state index contributed by atoms with van der Waals surface area (Å²) in [5.41, 5.74) is 2.02. The Balaban J connectivity index is 1.77. The van der Waals surface area contributed by atoms with E-state index in [-0.39, 0.29) is 17.7 Å². The zero-order valence-corrected chi connectivity index (χ0v) is 12.2. The molecule has 1 aromatic carbocycles. The SMILES string of the molecule is CN1C(=O)CC(CC(=O)N2CCOCC2)c2ccccc21. The van der Waals surface area contributed by atoms with E-state index >= 15 is 0 Å². The molecule has 21 heavy (non-hydrogen) atoms. The fraction of sp³-hybridized carbons (Fsp3) is 0.500. The smallest absolute Gasteiger partial charge is 0.227 e. The van der Waals surface area contributed by atoms with Crippen LogP contribution in [0.1, 0.15) is 24.3 Å². The highest BCUT2D eigenvalue weighted by Gasteiger charge is 2.31. The monoisotopic (exact) mass is 288 g/mol. The fourth-order valence-electron chi connectivity index (χ4n) is 3.06. The third kappa shape index (κ3) is 2.78. The normalized spacial score (nSPS) is 22.1. The molecule has 0 spiro atoms. The van der Waals surface area contributed by atoms with E-state index in [2.05, 4.69) is 0 Å². The van der Waals surface area contributed by atoms with Gasteiger partial charge in [-0.1, -0.05) is 18.2 Å². The van der Waals surface area contributed by atoms with E-state index in [9.17, 15) is 9.59 Å². The Morgan fingerprint density at radius 1 is 1.29 bits per heavy atom. The second kappa shape index (κ2) is 5.85. The minimum Gasteiger partial charge on any atom is -0.378 e. The van der Waals surface area contributed by atoms with E-state index in [0.717, 1.165) is 11.3 Å². The molecule has 1 fully saturated rings. The van der Waals surface area contributed by atoms with Gasteiger partial charge in [-0.2, -0.15) is 0 Å². The summed E-state index contributed by atoms with van der Waals surface area (Å²) in [6.07, 6.45) is 0.806. The quantitative estimate of drug-likeness (QED) is 0.826. The number of nitrogens with zero attached hydrogens (tertiary/aromatic N) is 2. The average molecular weight is 288 g/mol. The number of amides is 2. The van der Waals surface area contributed by atoms with Crippen molar-refractivity contribution < 1.29 is 14.3 Å². The Morgan fingerprint density at radius 2 is 2.00 bits per heavy atom. The summed E-state index contributed by atoms with van der Waals surface area (Å²) in [4.78, 5) is 28.0. The first-order chi connectivity index (χ1) is 10.2. The van der Waals surface area contributed by atoms with E-state index in [1.165, 1.54) is 0 Å². The zero-order chi connectivity index (χ0) is 14.8. The molecule has 0 aromatic heterocycles. The van der Waals surface area contributed by atoms with Gasteiger partial charge in [0.25, 0.3) is 0 Å². The highest BCUT2D eigenvalue weighted by atomic mass is 16.5. The number of fused-ring (bicyclic) bond motifs is 1. The van der Waals surface area contributed by atoms with E-state index in [1.54, 1.807) is 11.9 Å². The van der Waals surface area contributed by atoms with Crippen LogP contribution in [0.4, 0.5) is 5.69 Å². The van der Waals surface area contributed by atoms with Gasteiger partial charge in [0.15, 0.2) is 0 Å². The van der Waals surface area contributed by atoms with Crippen molar-refractivity contribution in [2.45, 2.75) is 18.8 Å². The molecular weight excluding hydrogens is 268 g/mol. The number of carbonyl (C=O) groups is 2. The Labute approximate surface area is 124 Å². The second-order valence-electron chi connectivity index (χ2n) is 5.61. The Morgan fingerprint density at radius 3 is 2.76 bits per heavy atom. The van der Waals surface area contributed by atoms with Crippen LogP contribution in [0.15, 0.2) is 24.3 Å². The average Bonchev–Trinajstić information content (AvgIpc) is 2.53. The molecule has 0 bridgehead atoms. The number of para-hydroxylation sites is 1. The van der Waals surface area contributed by atoms with E-state index in [4.69, 9.17) is 4.74 Å². The van der Waals surface area contributed by atoms with Crippen molar-refractivity contribution >= 4 is 17.5 Å². The summed E-state index contributed by atoms with van der Waals surface area (Å²) in [6, 6.07) is 7.86. The fourth-order valence-corrected chi connectivity index (χ4v) is 3.06. The predicted octanol–water partition coefficient (Wildman–Crippen LogP) is 1.39. The molecule has 1 unspecified atom stereocenters. The van der Waals surface area contributed by atoms with Crippen molar-refractivity contribution in [2.24, 2.45) is 0 Å². The summed E-state index contributed by atoms with van der Waals surface area (Å²) < 4.78 is 5.27. The Bertz CT molecular complexity index is 552. The third-order valence-corrected chi connectivity index (χ3v) is 4.32. The molecule has 5 heteroatoms. The van der Waals surface area contributed by atoms with Gasteiger partial charge in [0.2, 0.25) is 11.8 Å². The van der Waals surface area contributed by atoms with Crippen molar-refractivity contribution in [3.05, 3.63) is 29.8 Å². The lowest BCUT2D eigenvalue weighted by Crippen LogP contribution is -2.42. The molecule has 0 aliphatic carbocycles. The van der Waals surface area contributed by atoms with Gasteiger partial charge in [0.1, 0.15) is 0 Å². The molecule has 3 rings (SSSR count).